The van der Waals surface area contributed by atoms with Crippen LogP contribution in [0.2, 0.25) is 0 Å². The minimum absolute atomic E-state index is 0.0541. The number of para-hydroxylation sites is 1. The van der Waals surface area contributed by atoms with Crippen LogP contribution in [0.4, 0.5) is 18.9 Å². The van der Waals surface area contributed by atoms with E-state index < -0.39 is 17.8 Å². The molecule has 4 heterocycles. The van der Waals surface area contributed by atoms with Crippen LogP contribution >= 0.6 is 0 Å². The summed E-state index contributed by atoms with van der Waals surface area (Å²) in [5, 5.41) is 8.20. The summed E-state index contributed by atoms with van der Waals surface area (Å²) in [6.45, 7) is 3.60. The third-order valence-electron chi connectivity index (χ3n) is 5.65. The molecule has 0 N–H and O–H groups in total. The van der Waals surface area contributed by atoms with Gasteiger partial charge in [-0.25, -0.2) is 9.50 Å². The van der Waals surface area contributed by atoms with Gasteiger partial charge >= 0.3 is 6.18 Å². The number of nitrogens with zero attached hydrogens (tertiary/aromatic N) is 6. The number of halogens is 3. The summed E-state index contributed by atoms with van der Waals surface area (Å²) in [6.07, 6.45) is -2.41. The van der Waals surface area contributed by atoms with Crippen molar-refractivity contribution in [3.8, 4) is 11.3 Å². The molecule has 10 heteroatoms. The molecular formula is C22H19F3N6O. The highest BCUT2D eigenvalue weighted by atomic mass is 19.4. The molecule has 0 saturated carbocycles. The molecule has 7 nitrogen and oxygen atoms in total. The fourth-order valence-electron chi connectivity index (χ4n) is 4.27. The number of alkyl halides is 3. The fraction of sp³-hybridized carbons (Fsp3) is 0.273. The summed E-state index contributed by atoms with van der Waals surface area (Å²) in [4.78, 5) is 19.2. The summed E-state index contributed by atoms with van der Waals surface area (Å²) < 4.78 is 43.9. The number of anilines is 1. The van der Waals surface area contributed by atoms with E-state index in [0.717, 1.165) is 17.3 Å². The van der Waals surface area contributed by atoms with Crippen LogP contribution in [0, 0.1) is 6.92 Å². The second kappa shape index (κ2) is 6.91. The minimum atomic E-state index is -4.69. The van der Waals surface area contributed by atoms with E-state index in [0.29, 0.717) is 22.2 Å². The second-order valence-corrected chi connectivity index (χ2v) is 7.98. The smallest absolute Gasteiger partial charge is 0.304 e. The van der Waals surface area contributed by atoms with Gasteiger partial charge in [0, 0.05) is 36.6 Å². The summed E-state index contributed by atoms with van der Waals surface area (Å²) in [5.74, 6) is -0.458. The molecule has 0 spiro atoms. The van der Waals surface area contributed by atoms with Gasteiger partial charge in [0.2, 0.25) is 0 Å². The first-order valence-corrected chi connectivity index (χ1v) is 10.0. The average Bonchev–Trinajstić information content (AvgIpc) is 3.39. The topological polar surface area (TPSA) is 68.3 Å². The van der Waals surface area contributed by atoms with Crippen LogP contribution in [0.3, 0.4) is 0 Å². The van der Waals surface area contributed by atoms with E-state index in [1.165, 1.54) is 10.7 Å². The molecule has 1 aromatic carbocycles. The highest BCUT2D eigenvalue weighted by Crippen LogP contribution is 2.35. The Kier molecular flexibility index (Phi) is 4.37. The van der Waals surface area contributed by atoms with Gasteiger partial charge in [-0.2, -0.15) is 23.4 Å². The number of benzene rings is 1. The van der Waals surface area contributed by atoms with Crippen molar-refractivity contribution < 1.29 is 18.0 Å². The molecular weight excluding hydrogens is 421 g/mol. The van der Waals surface area contributed by atoms with Crippen molar-refractivity contribution in [3.63, 3.8) is 0 Å². The molecule has 32 heavy (non-hydrogen) atoms. The third kappa shape index (κ3) is 3.14. The molecule has 1 amide bonds. The van der Waals surface area contributed by atoms with Crippen LogP contribution in [-0.4, -0.2) is 36.3 Å². The van der Waals surface area contributed by atoms with E-state index in [9.17, 15) is 18.0 Å². The molecule has 0 fully saturated rings. The van der Waals surface area contributed by atoms with Gasteiger partial charge in [0.15, 0.2) is 17.0 Å². The van der Waals surface area contributed by atoms with Gasteiger partial charge in [-0.1, -0.05) is 18.2 Å². The maximum atomic E-state index is 13.9. The predicted octanol–water partition coefficient (Wildman–Crippen LogP) is 4.05. The average molecular weight is 440 g/mol. The van der Waals surface area contributed by atoms with Gasteiger partial charge in [0.1, 0.15) is 0 Å². The molecule has 5 rings (SSSR count). The van der Waals surface area contributed by atoms with Crippen molar-refractivity contribution in [3.05, 3.63) is 65.2 Å². The van der Waals surface area contributed by atoms with Gasteiger partial charge in [-0.15, -0.1) is 0 Å². The summed E-state index contributed by atoms with van der Waals surface area (Å²) in [6, 6.07) is 9.60. The molecule has 0 radical (unpaired) electrons. The number of amides is 1. The largest absolute Gasteiger partial charge is 0.433 e. The lowest BCUT2D eigenvalue weighted by Gasteiger charge is -2.21. The Morgan fingerprint density at radius 1 is 1.16 bits per heavy atom. The molecule has 1 atom stereocenters. The number of rotatable bonds is 2. The van der Waals surface area contributed by atoms with E-state index in [4.69, 9.17) is 0 Å². The van der Waals surface area contributed by atoms with Crippen LogP contribution in [0.25, 0.3) is 16.9 Å². The molecule has 1 aliphatic rings. The molecule has 0 aliphatic carbocycles. The van der Waals surface area contributed by atoms with Crippen LogP contribution in [-0.2, 0) is 19.6 Å². The van der Waals surface area contributed by atoms with E-state index >= 15 is 0 Å². The highest BCUT2D eigenvalue weighted by Gasteiger charge is 2.37. The molecule has 164 valence electrons. The zero-order valence-corrected chi connectivity index (χ0v) is 17.6. The van der Waals surface area contributed by atoms with Crippen molar-refractivity contribution in [2.24, 2.45) is 7.05 Å². The number of fused-ring (bicyclic) bond motifs is 2. The van der Waals surface area contributed by atoms with Crippen molar-refractivity contribution in [1.29, 1.82) is 0 Å². The number of hydrogen-bond acceptors (Lipinski definition) is 4. The maximum absolute atomic E-state index is 13.9. The number of carbonyl (C=O) groups is 1. The molecule has 3 aromatic heterocycles. The fourth-order valence-corrected chi connectivity index (χ4v) is 4.27. The lowest BCUT2D eigenvalue weighted by Crippen LogP contribution is -2.36. The Morgan fingerprint density at radius 3 is 2.59 bits per heavy atom. The van der Waals surface area contributed by atoms with Crippen LogP contribution in [0.5, 0.6) is 0 Å². The number of aryl methyl sites for hydroxylation is 2. The minimum Gasteiger partial charge on any atom is -0.304 e. The van der Waals surface area contributed by atoms with Crippen molar-refractivity contribution in [1.82, 2.24) is 24.4 Å². The van der Waals surface area contributed by atoms with Crippen LogP contribution < -0.4 is 4.90 Å². The quantitative estimate of drug-likeness (QED) is 0.472. The Balaban J connectivity index is 1.65. The molecule has 4 aromatic rings. The predicted molar refractivity (Wildman–Crippen MR) is 111 cm³/mol. The molecule has 1 aliphatic heterocycles. The van der Waals surface area contributed by atoms with E-state index in [2.05, 4.69) is 15.2 Å². The van der Waals surface area contributed by atoms with Gasteiger partial charge < -0.3 is 4.90 Å². The Hall–Kier alpha value is -3.69. The van der Waals surface area contributed by atoms with Crippen molar-refractivity contribution >= 4 is 17.2 Å². The van der Waals surface area contributed by atoms with Crippen molar-refractivity contribution in [2.75, 3.05) is 4.90 Å². The Labute approximate surface area is 181 Å². The highest BCUT2D eigenvalue weighted by molar-refractivity contribution is 6.07. The van der Waals surface area contributed by atoms with Gasteiger partial charge in [0.25, 0.3) is 5.91 Å². The first kappa shape index (κ1) is 20.2. The zero-order valence-electron chi connectivity index (χ0n) is 17.6. The Bertz CT molecular complexity index is 1370. The van der Waals surface area contributed by atoms with E-state index in [-0.39, 0.29) is 23.1 Å². The summed E-state index contributed by atoms with van der Waals surface area (Å²) >= 11 is 0. The third-order valence-corrected chi connectivity index (χ3v) is 5.65. The summed E-state index contributed by atoms with van der Waals surface area (Å²) in [7, 11) is 1.68. The number of aromatic nitrogens is 5. The van der Waals surface area contributed by atoms with E-state index in [1.54, 1.807) is 25.1 Å². The molecule has 0 saturated heterocycles. The normalized spacial score (nSPS) is 16.1. The van der Waals surface area contributed by atoms with Crippen LogP contribution in [0.1, 0.15) is 34.4 Å². The zero-order chi connectivity index (χ0) is 22.8. The second-order valence-electron chi connectivity index (χ2n) is 7.98. The molecule has 1 unspecified atom stereocenters. The first-order chi connectivity index (χ1) is 15.1. The lowest BCUT2D eigenvalue weighted by molar-refractivity contribution is -0.142. The first-order valence-electron chi connectivity index (χ1n) is 10.0. The van der Waals surface area contributed by atoms with Crippen LogP contribution in [0.15, 0.2) is 42.6 Å². The van der Waals surface area contributed by atoms with Gasteiger partial charge in [-0.3, -0.25) is 9.48 Å². The summed E-state index contributed by atoms with van der Waals surface area (Å²) in [5.41, 5.74) is 1.77. The van der Waals surface area contributed by atoms with Gasteiger partial charge in [-0.05, 0) is 38.0 Å². The SMILES string of the molecule is Cc1nn(C)cc1-c1cc(C(F)(F)F)n2nc(C(=O)N3c4ccccc4CC3C)cc2n1. The Morgan fingerprint density at radius 2 is 1.91 bits per heavy atom. The maximum Gasteiger partial charge on any atom is 0.433 e. The monoisotopic (exact) mass is 440 g/mol. The van der Waals surface area contributed by atoms with Crippen molar-refractivity contribution in [2.45, 2.75) is 32.5 Å². The lowest BCUT2D eigenvalue weighted by atomic mass is 10.1. The van der Waals surface area contributed by atoms with E-state index in [1.807, 2.05) is 31.2 Å². The number of hydrogen-bond donors (Lipinski definition) is 0. The number of carbonyl (C=O) groups excluding carboxylic acids is 1. The molecule has 0 bridgehead atoms. The standard InChI is InChI=1S/C22H19F3N6O/c1-12-8-14-6-4-5-7-18(14)30(12)21(32)17-10-20-26-16(15-11-29(3)27-13(15)2)9-19(22(23,24)25)31(20)28-17/h4-7,9-12H,8H2,1-3H3. The van der Waals surface area contributed by atoms with Gasteiger partial charge in [0.05, 0.1) is 11.4 Å².